The molecular weight excluding hydrogens is 158 g/mol. The molecule has 0 heterocycles. The highest BCUT2D eigenvalue weighted by Gasteiger charge is 2.19. The fraction of sp³-hybridized carbons (Fsp3) is 1.00. The van der Waals surface area contributed by atoms with E-state index in [4.69, 9.17) is 0 Å². The van der Waals surface area contributed by atoms with Crippen molar-refractivity contribution in [3.63, 3.8) is 0 Å². The summed E-state index contributed by atoms with van der Waals surface area (Å²) in [5, 5.41) is 0. The quantitative estimate of drug-likeness (QED) is 0.547. The minimum atomic E-state index is 0.381. The largest absolute Gasteiger partial charge is 0.301 e. The first kappa shape index (κ1) is 13.0. The lowest BCUT2D eigenvalue weighted by molar-refractivity contribution is 0.148. The molecule has 0 aliphatic heterocycles. The van der Waals surface area contributed by atoms with Gasteiger partial charge in [-0.15, -0.1) is 0 Å². The summed E-state index contributed by atoms with van der Waals surface area (Å²) in [6.45, 7) is 10.4. The van der Waals surface area contributed by atoms with Crippen molar-refractivity contribution in [2.45, 2.75) is 65.3 Å². The average Bonchev–Trinajstić information content (AvgIpc) is 2.12. The fourth-order valence-corrected chi connectivity index (χ4v) is 1.35. The van der Waals surface area contributed by atoms with Gasteiger partial charge in [0.25, 0.3) is 0 Å². The van der Waals surface area contributed by atoms with E-state index in [0.29, 0.717) is 5.54 Å². The first-order valence-electron chi connectivity index (χ1n) is 5.75. The Kier molecular flexibility index (Phi) is 6.40. The van der Waals surface area contributed by atoms with Gasteiger partial charge >= 0.3 is 0 Å². The second kappa shape index (κ2) is 6.42. The van der Waals surface area contributed by atoms with E-state index in [-0.39, 0.29) is 0 Å². The minimum Gasteiger partial charge on any atom is -0.301 e. The Morgan fingerprint density at radius 1 is 1.00 bits per heavy atom. The molecule has 0 radical (unpaired) electrons. The van der Waals surface area contributed by atoms with Crippen LogP contribution in [0, 0.1) is 0 Å². The second-order valence-corrected chi connectivity index (χ2v) is 4.65. The highest BCUT2D eigenvalue weighted by atomic mass is 15.2. The molecule has 1 nitrogen and oxygen atoms in total. The summed E-state index contributed by atoms with van der Waals surface area (Å²) in [6, 6.07) is 0. The van der Waals surface area contributed by atoms with Crippen LogP contribution in [0.5, 0.6) is 0 Å². The normalized spacial score (nSPS) is 12.5. The van der Waals surface area contributed by atoms with Crippen molar-refractivity contribution in [2.75, 3.05) is 13.6 Å². The van der Waals surface area contributed by atoms with Gasteiger partial charge in [-0.1, -0.05) is 33.1 Å². The summed E-state index contributed by atoms with van der Waals surface area (Å²) in [7, 11) is 2.25. The van der Waals surface area contributed by atoms with E-state index in [0.717, 1.165) is 0 Å². The van der Waals surface area contributed by atoms with Gasteiger partial charge < -0.3 is 4.90 Å². The van der Waals surface area contributed by atoms with Crippen LogP contribution >= 0.6 is 0 Å². The first-order valence-corrected chi connectivity index (χ1v) is 5.75. The summed E-state index contributed by atoms with van der Waals surface area (Å²) >= 11 is 0. The van der Waals surface area contributed by atoms with E-state index in [9.17, 15) is 0 Å². The summed E-state index contributed by atoms with van der Waals surface area (Å²) in [5.74, 6) is 0. The van der Waals surface area contributed by atoms with Crippen LogP contribution in [-0.2, 0) is 0 Å². The smallest absolute Gasteiger partial charge is 0.0147 e. The van der Waals surface area contributed by atoms with Crippen molar-refractivity contribution in [1.82, 2.24) is 4.90 Å². The molecule has 0 amide bonds. The summed E-state index contributed by atoms with van der Waals surface area (Å²) in [6.07, 6.45) is 6.70. The zero-order valence-electron chi connectivity index (χ0n) is 10.2. The van der Waals surface area contributed by atoms with Crippen molar-refractivity contribution in [3.8, 4) is 0 Å². The lowest BCUT2D eigenvalue weighted by Gasteiger charge is -2.34. The van der Waals surface area contributed by atoms with Crippen LogP contribution in [0.1, 0.15) is 59.8 Å². The van der Waals surface area contributed by atoms with Crippen LogP contribution in [0.2, 0.25) is 0 Å². The predicted molar refractivity (Wildman–Crippen MR) is 61.1 cm³/mol. The topological polar surface area (TPSA) is 3.24 Å². The van der Waals surface area contributed by atoms with E-state index in [1.807, 2.05) is 0 Å². The molecule has 0 rings (SSSR count). The van der Waals surface area contributed by atoms with Crippen LogP contribution in [0.25, 0.3) is 0 Å². The molecule has 0 fully saturated rings. The number of hydrogen-bond acceptors (Lipinski definition) is 1. The Morgan fingerprint density at radius 2 is 1.62 bits per heavy atom. The molecule has 0 aromatic heterocycles. The number of rotatable bonds is 7. The molecule has 0 bridgehead atoms. The predicted octanol–water partition coefficient (Wildman–Crippen LogP) is 3.69. The number of nitrogens with zero attached hydrogens (tertiary/aromatic N) is 1. The summed E-state index contributed by atoms with van der Waals surface area (Å²) in [4.78, 5) is 2.49. The molecular formula is C12H27N. The van der Waals surface area contributed by atoms with Gasteiger partial charge in [-0.3, -0.25) is 0 Å². The van der Waals surface area contributed by atoms with E-state index in [1.165, 1.54) is 38.6 Å². The molecule has 0 atom stereocenters. The Balaban J connectivity index is 3.55. The maximum absolute atomic E-state index is 2.49. The Hall–Kier alpha value is -0.0400. The third-order valence-electron chi connectivity index (χ3n) is 3.25. The fourth-order valence-electron chi connectivity index (χ4n) is 1.35. The summed E-state index contributed by atoms with van der Waals surface area (Å²) in [5.41, 5.74) is 0.381. The third-order valence-corrected chi connectivity index (χ3v) is 3.25. The molecule has 0 saturated heterocycles. The van der Waals surface area contributed by atoms with Crippen molar-refractivity contribution in [1.29, 1.82) is 0 Å². The molecule has 0 saturated carbocycles. The molecule has 0 N–H and O–H groups in total. The van der Waals surface area contributed by atoms with E-state index >= 15 is 0 Å². The van der Waals surface area contributed by atoms with Crippen molar-refractivity contribution >= 4 is 0 Å². The van der Waals surface area contributed by atoms with Crippen LogP contribution in [0.15, 0.2) is 0 Å². The molecule has 0 aromatic carbocycles. The van der Waals surface area contributed by atoms with Gasteiger partial charge in [0.2, 0.25) is 0 Å². The first-order chi connectivity index (χ1) is 6.04. The van der Waals surface area contributed by atoms with Crippen molar-refractivity contribution < 1.29 is 0 Å². The minimum absolute atomic E-state index is 0.381. The molecule has 13 heavy (non-hydrogen) atoms. The maximum Gasteiger partial charge on any atom is 0.0147 e. The van der Waals surface area contributed by atoms with Crippen LogP contribution < -0.4 is 0 Å². The molecule has 0 aromatic rings. The SMILES string of the molecule is CCCCCCN(C)C(C)(C)CC. The highest BCUT2D eigenvalue weighted by molar-refractivity contribution is 4.76. The Bertz CT molecular complexity index is 118. The number of hydrogen-bond donors (Lipinski definition) is 0. The zero-order valence-corrected chi connectivity index (χ0v) is 10.2. The van der Waals surface area contributed by atoms with Gasteiger partial charge in [-0.25, -0.2) is 0 Å². The lowest BCUT2D eigenvalue weighted by Crippen LogP contribution is -2.40. The molecule has 80 valence electrons. The van der Waals surface area contributed by atoms with E-state index in [2.05, 4.69) is 39.6 Å². The van der Waals surface area contributed by atoms with Gasteiger partial charge in [0.05, 0.1) is 0 Å². The molecule has 1 heteroatoms. The Morgan fingerprint density at radius 3 is 2.08 bits per heavy atom. The average molecular weight is 185 g/mol. The lowest BCUT2D eigenvalue weighted by atomic mass is 9.99. The van der Waals surface area contributed by atoms with Crippen LogP contribution in [0.3, 0.4) is 0 Å². The van der Waals surface area contributed by atoms with E-state index < -0.39 is 0 Å². The van der Waals surface area contributed by atoms with Crippen LogP contribution in [0.4, 0.5) is 0 Å². The molecule has 0 aliphatic carbocycles. The summed E-state index contributed by atoms with van der Waals surface area (Å²) < 4.78 is 0. The molecule has 0 unspecified atom stereocenters. The standard InChI is InChI=1S/C12H27N/c1-6-8-9-10-11-13(5)12(3,4)7-2/h6-11H2,1-5H3. The second-order valence-electron chi connectivity index (χ2n) is 4.65. The molecule has 0 aliphatic rings. The number of unbranched alkanes of at least 4 members (excludes halogenated alkanes) is 3. The monoisotopic (exact) mass is 185 g/mol. The van der Waals surface area contributed by atoms with Crippen molar-refractivity contribution in [3.05, 3.63) is 0 Å². The maximum atomic E-state index is 2.49. The van der Waals surface area contributed by atoms with Gasteiger partial charge in [0.1, 0.15) is 0 Å². The van der Waals surface area contributed by atoms with Gasteiger partial charge in [-0.05, 0) is 40.3 Å². The van der Waals surface area contributed by atoms with Crippen LogP contribution in [-0.4, -0.2) is 24.0 Å². The van der Waals surface area contributed by atoms with Gasteiger partial charge in [-0.2, -0.15) is 0 Å². The van der Waals surface area contributed by atoms with Crippen molar-refractivity contribution in [2.24, 2.45) is 0 Å². The van der Waals surface area contributed by atoms with Gasteiger partial charge in [0.15, 0.2) is 0 Å². The van der Waals surface area contributed by atoms with E-state index in [1.54, 1.807) is 0 Å². The van der Waals surface area contributed by atoms with Gasteiger partial charge in [0, 0.05) is 5.54 Å². The highest BCUT2D eigenvalue weighted by Crippen LogP contribution is 2.16. The zero-order chi connectivity index (χ0) is 10.3. The molecule has 0 spiro atoms. The Labute approximate surface area is 84.5 Å². The third kappa shape index (κ3) is 5.30.